The van der Waals surface area contributed by atoms with Gasteiger partial charge in [-0.15, -0.1) is 0 Å². The van der Waals surface area contributed by atoms with Gasteiger partial charge < -0.3 is 9.40 Å². The lowest BCUT2D eigenvalue weighted by atomic mass is 10.1. The predicted molar refractivity (Wildman–Crippen MR) is 68.9 cm³/mol. The van der Waals surface area contributed by atoms with Gasteiger partial charge in [-0.1, -0.05) is 12.1 Å². The number of pyridine rings is 1. The van der Waals surface area contributed by atoms with E-state index in [2.05, 4.69) is 4.98 Å². The van der Waals surface area contributed by atoms with Crippen molar-refractivity contribution in [3.8, 4) is 11.3 Å². The standard InChI is InChI=1S/C13H8N2O4/c16-13-9-7-12(19-11(9)5-6-14-13)8-3-1-2-4-10(8)15(17)18/h1-7H,(H,14,16). The van der Waals surface area contributed by atoms with E-state index < -0.39 is 4.92 Å². The van der Waals surface area contributed by atoms with Gasteiger partial charge in [-0.25, -0.2) is 0 Å². The Balaban J connectivity index is 2.28. The fourth-order valence-electron chi connectivity index (χ4n) is 1.95. The van der Waals surface area contributed by atoms with Gasteiger partial charge in [0, 0.05) is 12.3 Å². The third-order valence-corrected chi connectivity index (χ3v) is 2.82. The number of rotatable bonds is 2. The third kappa shape index (κ3) is 1.79. The Morgan fingerprint density at radius 3 is 2.74 bits per heavy atom. The SMILES string of the molecule is O=c1[nH]ccc2oc(-c3ccccc3[N+](=O)[O-])cc12. The number of nitro groups is 1. The van der Waals surface area contributed by atoms with Crippen molar-refractivity contribution in [1.82, 2.24) is 4.98 Å². The van der Waals surface area contributed by atoms with Crippen molar-refractivity contribution >= 4 is 16.7 Å². The molecule has 0 amide bonds. The molecule has 2 heterocycles. The summed E-state index contributed by atoms with van der Waals surface area (Å²) in [5.41, 5.74) is 0.407. The largest absolute Gasteiger partial charge is 0.456 e. The number of aromatic nitrogens is 1. The predicted octanol–water partition coefficient (Wildman–Crippen LogP) is 2.70. The lowest BCUT2D eigenvalue weighted by Crippen LogP contribution is -2.01. The van der Waals surface area contributed by atoms with Crippen LogP contribution in [0.3, 0.4) is 0 Å². The minimum absolute atomic E-state index is 0.0574. The maximum atomic E-state index is 11.6. The quantitative estimate of drug-likeness (QED) is 0.563. The Labute approximate surface area is 106 Å². The van der Waals surface area contributed by atoms with Gasteiger partial charge in [-0.3, -0.25) is 14.9 Å². The maximum absolute atomic E-state index is 11.6. The van der Waals surface area contributed by atoms with Crippen molar-refractivity contribution in [1.29, 1.82) is 0 Å². The van der Waals surface area contributed by atoms with Crippen LogP contribution in [0.4, 0.5) is 5.69 Å². The smallest absolute Gasteiger partial charge is 0.280 e. The Morgan fingerprint density at radius 1 is 1.21 bits per heavy atom. The number of para-hydroxylation sites is 1. The van der Waals surface area contributed by atoms with Crippen LogP contribution in [0, 0.1) is 10.1 Å². The van der Waals surface area contributed by atoms with E-state index in [0.717, 1.165) is 0 Å². The summed E-state index contributed by atoms with van der Waals surface area (Å²) in [6, 6.07) is 9.36. The van der Waals surface area contributed by atoms with E-state index in [1.54, 1.807) is 24.3 Å². The van der Waals surface area contributed by atoms with Gasteiger partial charge in [0.25, 0.3) is 11.2 Å². The number of fused-ring (bicyclic) bond motifs is 1. The highest BCUT2D eigenvalue weighted by Gasteiger charge is 2.18. The van der Waals surface area contributed by atoms with Crippen LogP contribution in [0.1, 0.15) is 0 Å². The number of H-pyrrole nitrogens is 1. The van der Waals surface area contributed by atoms with Gasteiger partial charge in [0.05, 0.1) is 15.9 Å². The fraction of sp³-hybridized carbons (Fsp3) is 0. The first-order valence-corrected chi connectivity index (χ1v) is 5.52. The Morgan fingerprint density at radius 2 is 2.00 bits per heavy atom. The first kappa shape index (κ1) is 11.2. The van der Waals surface area contributed by atoms with Gasteiger partial charge in [0.15, 0.2) is 0 Å². The summed E-state index contributed by atoms with van der Waals surface area (Å²) >= 11 is 0. The minimum atomic E-state index is -0.479. The van der Waals surface area contributed by atoms with Crippen LogP contribution in [-0.2, 0) is 0 Å². The van der Waals surface area contributed by atoms with Gasteiger partial charge >= 0.3 is 0 Å². The molecular weight excluding hydrogens is 248 g/mol. The van der Waals surface area contributed by atoms with Gasteiger partial charge in [0.2, 0.25) is 0 Å². The molecule has 0 saturated heterocycles. The molecule has 0 fully saturated rings. The third-order valence-electron chi connectivity index (χ3n) is 2.82. The topological polar surface area (TPSA) is 89.1 Å². The van der Waals surface area contributed by atoms with Crippen LogP contribution in [0.25, 0.3) is 22.3 Å². The van der Waals surface area contributed by atoms with Crippen molar-refractivity contribution < 1.29 is 9.34 Å². The summed E-state index contributed by atoms with van der Waals surface area (Å²) < 4.78 is 5.50. The minimum Gasteiger partial charge on any atom is -0.456 e. The number of nitrogens with one attached hydrogen (secondary N) is 1. The molecule has 1 N–H and O–H groups in total. The number of hydrogen-bond acceptors (Lipinski definition) is 4. The lowest BCUT2D eigenvalue weighted by Gasteiger charge is -1.97. The molecule has 2 aromatic heterocycles. The highest BCUT2D eigenvalue weighted by molar-refractivity contribution is 5.83. The molecule has 0 radical (unpaired) electrons. The van der Waals surface area contributed by atoms with Crippen LogP contribution >= 0.6 is 0 Å². The molecular formula is C13H8N2O4. The van der Waals surface area contributed by atoms with Crippen LogP contribution < -0.4 is 5.56 Å². The van der Waals surface area contributed by atoms with Crippen molar-refractivity contribution in [3.63, 3.8) is 0 Å². The van der Waals surface area contributed by atoms with E-state index in [-0.39, 0.29) is 11.2 Å². The molecule has 6 heteroatoms. The van der Waals surface area contributed by atoms with E-state index in [1.165, 1.54) is 18.3 Å². The monoisotopic (exact) mass is 256 g/mol. The number of hydrogen-bond donors (Lipinski definition) is 1. The average molecular weight is 256 g/mol. The zero-order valence-electron chi connectivity index (χ0n) is 9.62. The lowest BCUT2D eigenvalue weighted by molar-refractivity contribution is -0.384. The molecule has 19 heavy (non-hydrogen) atoms. The second kappa shape index (κ2) is 4.09. The Bertz CT molecular complexity index is 832. The highest BCUT2D eigenvalue weighted by Crippen LogP contribution is 2.32. The molecule has 3 aromatic rings. The summed E-state index contributed by atoms with van der Waals surface area (Å²) in [4.78, 5) is 24.6. The molecule has 0 saturated carbocycles. The van der Waals surface area contributed by atoms with Crippen LogP contribution in [0.2, 0.25) is 0 Å². The summed E-state index contributed by atoms with van der Waals surface area (Å²) in [6.07, 6.45) is 1.47. The first-order chi connectivity index (χ1) is 9.16. The Kier molecular flexibility index (Phi) is 2.42. The molecule has 94 valence electrons. The maximum Gasteiger partial charge on any atom is 0.280 e. The summed E-state index contributed by atoms with van der Waals surface area (Å²) in [6.45, 7) is 0. The number of furan rings is 1. The van der Waals surface area contributed by atoms with E-state index >= 15 is 0 Å². The molecule has 1 aromatic carbocycles. The van der Waals surface area contributed by atoms with Crippen molar-refractivity contribution in [2.75, 3.05) is 0 Å². The summed E-state index contributed by atoms with van der Waals surface area (Å²) in [5.74, 6) is 0.305. The summed E-state index contributed by atoms with van der Waals surface area (Å²) in [5, 5.41) is 11.3. The van der Waals surface area contributed by atoms with Crippen LogP contribution in [0.5, 0.6) is 0 Å². The molecule has 6 nitrogen and oxygen atoms in total. The normalized spacial score (nSPS) is 10.7. The molecule has 3 rings (SSSR count). The number of nitro benzene ring substituents is 1. The van der Waals surface area contributed by atoms with Crippen LogP contribution in [0.15, 0.2) is 51.8 Å². The van der Waals surface area contributed by atoms with Crippen molar-refractivity contribution in [2.45, 2.75) is 0 Å². The number of benzene rings is 1. The molecule has 0 bridgehead atoms. The van der Waals surface area contributed by atoms with E-state index in [4.69, 9.17) is 4.42 Å². The molecule has 0 aliphatic heterocycles. The van der Waals surface area contributed by atoms with Crippen LogP contribution in [-0.4, -0.2) is 9.91 Å². The molecule has 0 unspecified atom stereocenters. The molecule has 0 aliphatic carbocycles. The average Bonchev–Trinajstić information content (AvgIpc) is 2.84. The second-order valence-electron chi connectivity index (χ2n) is 3.97. The van der Waals surface area contributed by atoms with Crippen molar-refractivity contribution in [2.24, 2.45) is 0 Å². The second-order valence-corrected chi connectivity index (χ2v) is 3.97. The highest BCUT2D eigenvalue weighted by atomic mass is 16.6. The van der Waals surface area contributed by atoms with E-state index in [0.29, 0.717) is 22.3 Å². The summed E-state index contributed by atoms with van der Waals surface area (Å²) in [7, 11) is 0. The van der Waals surface area contributed by atoms with Gasteiger partial charge in [-0.05, 0) is 18.2 Å². The zero-order valence-corrected chi connectivity index (χ0v) is 9.62. The van der Waals surface area contributed by atoms with Crippen molar-refractivity contribution in [3.05, 3.63) is 63.1 Å². The molecule has 0 aliphatic rings. The van der Waals surface area contributed by atoms with Gasteiger partial charge in [0.1, 0.15) is 11.3 Å². The molecule has 0 spiro atoms. The van der Waals surface area contributed by atoms with Gasteiger partial charge in [-0.2, -0.15) is 0 Å². The van der Waals surface area contributed by atoms with E-state index in [9.17, 15) is 14.9 Å². The number of aromatic amines is 1. The fourth-order valence-corrected chi connectivity index (χ4v) is 1.95. The Hall–Kier alpha value is -2.89. The first-order valence-electron chi connectivity index (χ1n) is 5.52. The zero-order chi connectivity index (χ0) is 13.4. The molecule has 0 atom stereocenters. The number of nitrogens with zero attached hydrogens (tertiary/aromatic N) is 1. The van der Waals surface area contributed by atoms with E-state index in [1.807, 2.05) is 0 Å².